The van der Waals surface area contributed by atoms with Crippen molar-refractivity contribution in [3.05, 3.63) is 157 Å². The molecule has 198 valence electrons. The van der Waals surface area contributed by atoms with Crippen molar-refractivity contribution in [3.8, 4) is 33.4 Å². The zero-order chi connectivity index (χ0) is 28.2. The Hall–Kier alpha value is -5.20. The minimum Gasteiger partial charge on any atom is -0.0616 e. The van der Waals surface area contributed by atoms with Gasteiger partial charge in [-0.3, -0.25) is 0 Å². The first-order valence-corrected chi connectivity index (χ1v) is 14.7. The molecule has 0 saturated heterocycles. The normalized spacial score (nSPS) is 11.6. The molecule has 0 aliphatic rings. The molecule has 0 heterocycles. The van der Waals surface area contributed by atoms with E-state index in [0.29, 0.717) is 0 Å². The molecular formula is C42H30. The van der Waals surface area contributed by atoms with Crippen molar-refractivity contribution in [2.45, 2.75) is 13.8 Å². The van der Waals surface area contributed by atoms with Crippen LogP contribution in [0.4, 0.5) is 0 Å². The molecule has 8 aromatic carbocycles. The summed E-state index contributed by atoms with van der Waals surface area (Å²) in [6, 6.07) is 53.6. The number of aryl methyl sites for hydroxylation is 2. The Morgan fingerprint density at radius 2 is 0.833 bits per heavy atom. The quantitative estimate of drug-likeness (QED) is 0.198. The SMILES string of the molecule is Cc1cccc2c(-c3ccc(-c4c5ccccc5c(-c5ccc6ccccc6c5)c5ccccc45)cc3)ccc(C)c12. The second kappa shape index (κ2) is 9.72. The third-order valence-electron chi connectivity index (χ3n) is 8.91. The summed E-state index contributed by atoms with van der Waals surface area (Å²) in [6.07, 6.45) is 0. The zero-order valence-corrected chi connectivity index (χ0v) is 23.9. The standard InChI is InChI=1S/C42H30/c1-27-10-9-17-35-34(25-18-28(2)40(27)35)30-20-22-31(23-21-30)41-36-13-5-7-15-38(36)42(39-16-8-6-14-37(39)41)33-24-19-29-11-3-4-12-32(29)26-33/h3-26H,1-2H3. The Kier molecular flexibility index (Phi) is 5.69. The van der Waals surface area contributed by atoms with Gasteiger partial charge in [0.15, 0.2) is 0 Å². The summed E-state index contributed by atoms with van der Waals surface area (Å²) in [6.45, 7) is 4.42. The van der Waals surface area contributed by atoms with E-state index < -0.39 is 0 Å². The fraction of sp³-hybridized carbons (Fsp3) is 0.0476. The molecule has 0 amide bonds. The number of rotatable bonds is 3. The average molecular weight is 535 g/mol. The van der Waals surface area contributed by atoms with E-state index in [-0.39, 0.29) is 0 Å². The van der Waals surface area contributed by atoms with Crippen LogP contribution < -0.4 is 0 Å². The van der Waals surface area contributed by atoms with Crippen LogP contribution in [-0.4, -0.2) is 0 Å². The molecule has 42 heavy (non-hydrogen) atoms. The van der Waals surface area contributed by atoms with Gasteiger partial charge < -0.3 is 0 Å². The Balaban J connectivity index is 1.35. The first-order chi connectivity index (χ1) is 20.7. The lowest BCUT2D eigenvalue weighted by Crippen LogP contribution is -1.91. The van der Waals surface area contributed by atoms with Gasteiger partial charge in [0.1, 0.15) is 0 Å². The van der Waals surface area contributed by atoms with Gasteiger partial charge in [0, 0.05) is 0 Å². The smallest absolute Gasteiger partial charge is 0.00262 e. The molecule has 0 aromatic heterocycles. The highest BCUT2D eigenvalue weighted by Crippen LogP contribution is 2.44. The van der Waals surface area contributed by atoms with Gasteiger partial charge >= 0.3 is 0 Å². The van der Waals surface area contributed by atoms with Gasteiger partial charge in [-0.05, 0) is 108 Å². The fourth-order valence-corrected chi connectivity index (χ4v) is 6.96. The van der Waals surface area contributed by atoms with Crippen LogP contribution in [0.25, 0.3) is 76.5 Å². The third kappa shape index (κ3) is 3.84. The van der Waals surface area contributed by atoms with Crippen molar-refractivity contribution in [1.82, 2.24) is 0 Å². The summed E-state index contributed by atoms with van der Waals surface area (Å²) in [4.78, 5) is 0. The molecule has 0 aliphatic carbocycles. The van der Waals surface area contributed by atoms with E-state index in [1.54, 1.807) is 0 Å². The lowest BCUT2D eigenvalue weighted by atomic mass is 9.85. The van der Waals surface area contributed by atoms with Crippen molar-refractivity contribution in [1.29, 1.82) is 0 Å². The van der Waals surface area contributed by atoms with Crippen LogP contribution in [0.15, 0.2) is 146 Å². The van der Waals surface area contributed by atoms with Gasteiger partial charge in [0.25, 0.3) is 0 Å². The molecule has 0 nitrogen and oxygen atoms in total. The first kappa shape index (κ1) is 24.6. The van der Waals surface area contributed by atoms with Crippen LogP contribution in [0.5, 0.6) is 0 Å². The Bertz CT molecular complexity index is 2240. The highest BCUT2D eigenvalue weighted by Gasteiger charge is 2.17. The second-order valence-electron chi connectivity index (χ2n) is 11.4. The molecule has 0 fully saturated rings. The summed E-state index contributed by atoms with van der Waals surface area (Å²) in [5, 5.41) is 10.3. The molecule has 0 bridgehead atoms. The molecule has 0 N–H and O–H groups in total. The maximum absolute atomic E-state index is 2.34. The Morgan fingerprint density at radius 1 is 0.333 bits per heavy atom. The maximum atomic E-state index is 2.34. The first-order valence-electron chi connectivity index (χ1n) is 14.7. The minimum atomic E-state index is 1.24. The summed E-state index contributed by atoms with van der Waals surface area (Å²) >= 11 is 0. The fourth-order valence-electron chi connectivity index (χ4n) is 6.96. The highest BCUT2D eigenvalue weighted by molar-refractivity contribution is 6.21. The van der Waals surface area contributed by atoms with Crippen LogP contribution in [0.2, 0.25) is 0 Å². The van der Waals surface area contributed by atoms with E-state index in [1.165, 1.54) is 87.6 Å². The van der Waals surface area contributed by atoms with Crippen molar-refractivity contribution < 1.29 is 0 Å². The van der Waals surface area contributed by atoms with Crippen molar-refractivity contribution in [2.24, 2.45) is 0 Å². The van der Waals surface area contributed by atoms with E-state index in [9.17, 15) is 0 Å². The van der Waals surface area contributed by atoms with Crippen molar-refractivity contribution >= 4 is 43.1 Å². The van der Waals surface area contributed by atoms with Gasteiger partial charge in [-0.2, -0.15) is 0 Å². The van der Waals surface area contributed by atoms with Gasteiger partial charge in [0.2, 0.25) is 0 Å². The summed E-state index contributed by atoms with van der Waals surface area (Å²) in [5.74, 6) is 0. The molecule has 0 unspecified atom stereocenters. The monoisotopic (exact) mass is 534 g/mol. The van der Waals surface area contributed by atoms with Crippen LogP contribution in [0.3, 0.4) is 0 Å². The van der Waals surface area contributed by atoms with Crippen LogP contribution in [0.1, 0.15) is 11.1 Å². The van der Waals surface area contributed by atoms with Gasteiger partial charge in [0.05, 0.1) is 0 Å². The average Bonchev–Trinajstić information content (AvgIpc) is 3.04. The molecule has 8 aromatic rings. The van der Waals surface area contributed by atoms with E-state index in [0.717, 1.165) is 0 Å². The molecule has 0 radical (unpaired) electrons. The number of hydrogen-bond acceptors (Lipinski definition) is 0. The molecular weight excluding hydrogens is 504 g/mol. The predicted octanol–water partition coefficient (Wildman–Crippen LogP) is 11.9. The van der Waals surface area contributed by atoms with Crippen molar-refractivity contribution in [3.63, 3.8) is 0 Å². The minimum absolute atomic E-state index is 1.24. The second-order valence-corrected chi connectivity index (χ2v) is 11.4. The van der Waals surface area contributed by atoms with Crippen molar-refractivity contribution in [2.75, 3.05) is 0 Å². The topological polar surface area (TPSA) is 0 Å². The number of benzene rings is 8. The van der Waals surface area contributed by atoms with E-state index in [2.05, 4.69) is 159 Å². The Labute approximate surface area is 246 Å². The van der Waals surface area contributed by atoms with Gasteiger partial charge in [-0.1, -0.05) is 140 Å². The third-order valence-corrected chi connectivity index (χ3v) is 8.91. The molecule has 0 saturated carbocycles. The molecule has 0 heteroatoms. The Morgan fingerprint density at radius 3 is 1.50 bits per heavy atom. The van der Waals surface area contributed by atoms with Gasteiger partial charge in [-0.15, -0.1) is 0 Å². The van der Waals surface area contributed by atoms with Crippen LogP contribution >= 0.6 is 0 Å². The van der Waals surface area contributed by atoms with E-state index in [1.807, 2.05) is 0 Å². The van der Waals surface area contributed by atoms with E-state index in [4.69, 9.17) is 0 Å². The largest absolute Gasteiger partial charge is 0.0616 e. The van der Waals surface area contributed by atoms with Crippen LogP contribution in [0, 0.1) is 13.8 Å². The van der Waals surface area contributed by atoms with Gasteiger partial charge in [-0.25, -0.2) is 0 Å². The van der Waals surface area contributed by atoms with Crippen LogP contribution in [-0.2, 0) is 0 Å². The zero-order valence-electron chi connectivity index (χ0n) is 23.9. The molecule has 8 rings (SSSR count). The number of fused-ring (bicyclic) bond motifs is 4. The lowest BCUT2D eigenvalue weighted by Gasteiger charge is -2.18. The predicted molar refractivity (Wildman–Crippen MR) is 182 cm³/mol. The summed E-state index contributed by atoms with van der Waals surface area (Å²) in [5.41, 5.74) is 10.3. The molecule has 0 aliphatic heterocycles. The highest BCUT2D eigenvalue weighted by atomic mass is 14.2. The van der Waals surface area contributed by atoms with E-state index >= 15 is 0 Å². The molecule has 0 atom stereocenters. The summed E-state index contributed by atoms with van der Waals surface area (Å²) in [7, 11) is 0. The number of hydrogen-bond donors (Lipinski definition) is 0. The maximum Gasteiger partial charge on any atom is -0.00262 e. The summed E-state index contributed by atoms with van der Waals surface area (Å²) < 4.78 is 0. The molecule has 0 spiro atoms. The lowest BCUT2D eigenvalue weighted by molar-refractivity contribution is 1.46.